The van der Waals surface area contributed by atoms with Crippen LogP contribution in [-0.2, 0) is 14.9 Å². The van der Waals surface area contributed by atoms with Gasteiger partial charge in [-0.05, 0) is 26.3 Å². The fourth-order valence-corrected chi connectivity index (χ4v) is 1.88. The molecule has 3 nitrogen and oxygen atoms in total. The number of carbonyl (C=O) groups excluding carboxylic acids is 1. The Bertz CT molecular complexity index is 511. The maximum absolute atomic E-state index is 13.8. The van der Waals surface area contributed by atoms with Crippen molar-refractivity contribution in [2.24, 2.45) is 0 Å². The van der Waals surface area contributed by atoms with Crippen LogP contribution in [-0.4, -0.2) is 12.6 Å². The predicted molar refractivity (Wildman–Crippen MR) is 65.2 cm³/mol. The Balaban J connectivity index is 3.22. The maximum Gasteiger partial charge on any atom is 0.316 e. The molecule has 1 aromatic rings. The number of ether oxygens (including phenoxy) is 1. The van der Waals surface area contributed by atoms with Gasteiger partial charge >= 0.3 is 5.97 Å². The fourth-order valence-electron chi connectivity index (χ4n) is 1.88. The van der Waals surface area contributed by atoms with E-state index in [1.54, 1.807) is 6.92 Å². The van der Waals surface area contributed by atoms with E-state index in [0.717, 1.165) is 12.1 Å². The van der Waals surface area contributed by atoms with Crippen LogP contribution < -0.4 is 0 Å². The molecule has 1 unspecified atom stereocenters. The first-order chi connectivity index (χ1) is 8.95. The summed E-state index contributed by atoms with van der Waals surface area (Å²) in [5.74, 6) is -2.14. The molecule has 0 aromatic heterocycles. The van der Waals surface area contributed by atoms with Crippen LogP contribution in [0.3, 0.4) is 0 Å². The molecule has 19 heavy (non-hydrogen) atoms. The Morgan fingerprint density at radius 1 is 1.47 bits per heavy atom. The summed E-state index contributed by atoms with van der Waals surface area (Å²) in [7, 11) is 0. The van der Waals surface area contributed by atoms with E-state index in [4.69, 9.17) is 10.00 Å². The molecule has 0 saturated carbocycles. The van der Waals surface area contributed by atoms with Crippen LogP contribution in [0.5, 0.6) is 0 Å². The molecule has 0 radical (unpaired) electrons. The molecule has 0 amide bonds. The van der Waals surface area contributed by atoms with Crippen molar-refractivity contribution in [2.45, 2.75) is 32.1 Å². The zero-order valence-electron chi connectivity index (χ0n) is 10.9. The van der Waals surface area contributed by atoms with E-state index in [0.29, 0.717) is 0 Å². The minimum absolute atomic E-state index is 0.0441. The van der Waals surface area contributed by atoms with E-state index in [1.165, 1.54) is 13.0 Å². The topological polar surface area (TPSA) is 50.1 Å². The van der Waals surface area contributed by atoms with Crippen LogP contribution in [0.1, 0.15) is 32.3 Å². The number of carbonyl (C=O) groups is 1. The van der Waals surface area contributed by atoms with Crippen molar-refractivity contribution in [3.05, 3.63) is 35.4 Å². The Morgan fingerprint density at radius 3 is 2.68 bits per heavy atom. The van der Waals surface area contributed by atoms with Gasteiger partial charge in [0.2, 0.25) is 0 Å². The molecule has 0 saturated heterocycles. The van der Waals surface area contributed by atoms with Crippen molar-refractivity contribution < 1.29 is 18.3 Å². The summed E-state index contributed by atoms with van der Waals surface area (Å²) in [6.45, 7) is 3.30. The Kier molecular flexibility index (Phi) is 4.99. The van der Waals surface area contributed by atoms with Gasteiger partial charge in [0.15, 0.2) is 0 Å². The minimum Gasteiger partial charge on any atom is -0.465 e. The number of benzene rings is 1. The molecule has 0 aliphatic carbocycles. The first kappa shape index (κ1) is 15.1. The van der Waals surface area contributed by atoms with Crippen LogP contribution in [0, 0.1) is 23.0 Å². The van der Waals surface area contributed by atoms with Crippen LogP contribution in [0.25, 0.3) is 0 Å². The molecule has 1 aromatic carbocycles. The van der Waals surface area contributed by atoms with E-state index >= 15 is 0 Å². The highest BCUT2D eigenvalue weighted by molar-refractivity contribution is 5.82. The lowest BCUT2D eigenvalue weighted by Gasteiger charge is -2.27. The summed E-state index contributed by atoms with van der Waals surface area (Å²) < 4.78 is 31.7. The van der Waals surface area contributed by atoms with Crippen molar-refractivity contribution in [3.8, 4) is 6.07 Å². The third kappa shape index (κ3) is 3.28. The van der Waals surface area contributed by atoms with Crippen LogP contribution in [0.15, 0.2) is 18.2 Å². The van der Waals surface area contributed by atoms with Crippen molar-refractivity contribution in [1.82, 2.24) is 0 Å². The molecule has 0 aliphatic rings. The highest BCUT2D eigenvalue weighted by atomic mass is 19.1. The minimum atomic E-state index is -1.29. The van der Waals surface area contributed by atoms with E-state index in [-0.39, 0.29) is 25.0 Å². The average molecular weight is 267 g/mol. The lowest BCUT2D eigenvalue weighted by molar-refractivity contribution is -0.149. The fraction of sp³-hybridized carbons (Fsp3) is 0.429. The monoisotopic (exact) mass is 267 g/mol. The lowest BCUT2D eigenvalue weighted by Crippen LogP contribution is -2.35. The number of rotatable bonds is 5. The second-order valence-electron chi connectivity index (χ2n) is 4.33. The quantitative estimate of drug-likeness (QED) is 0.770. The number of hydrogen-bond donors (Lipinski definition) is 0. The van der Waals surface area contributed by atoms with Crippen LogP contribution >= 0.6 is 0 Å². The third-order valence-electron chi connectivity index (χ3n) is 2.99. The molecule has 0 bridgehead atoms. The van der Waals surface area contributed by atoms with Crippen molar-refractivity contribution in [1.29, 1.82) is 5.26 Å². The largest absolute Gasteiger partial charge is 0.465 e. The standard InChI is InChI=1S/C14H15F2NO2/c1-3-19-13(18)14(2,7-4-8-17)11-6-5-10(15)9-12(11)16/h5-6,9H,3-4,7H2,1-2H3. The average Bonchev–Trinajstić information content (AvgIpc) is 2.36. The van der Waals surface area contributed by atoms with Crippen molar-refractivity contribution in [2.75, 3.05) is 6.61 Å². The van der Waals surface area contributed by atoms with E-state index in [1.807, 2.05) is 6.07 Å². The van der Waals surface area contributed by atoms with Crippen molar-refractivity contribution in [3.63, 3.8) is 0 Å². The second-order valence-corrected chi connectivity index (χ2v) is 4.33. The number of hydrogen-bond acceptors (Lipinski definition) is 3. The first-order valence-corrected chi connectivity index (χ1v) is 5.95. The number of halogens is 2. The summed E-state index contributed by atoms with van der Waals surface area (Å²) in [5.41, 5.74) is -1.24. The van der Waals surface area contributed by atoms with Gasteiger partial charge in [-0.3, -0.25) is 4.79 Å². The van der Waals surface area contributed by atoms with Gasteiger partial charge in [0.1, 0.15) is 11.6 Å². The van der Waals surface area contributed by atoms with Gasteiger partial charge in [-0.25, -0.2) is 8.78 Å². The van der Waals surface area contributed by atoms with Gasteiger partial charge < -0.3 is 4.74 Å². The molecule has 0 fully saturated rings. The Morgan fingerprint density at radius 2 is 2.16 bits per heavy atom. The summed E-state index contributed by atoms with van der Waals surface area (Å²) in [6, 6.07) is 4.94. The first-order valence-electron chi connectivity index (χ1n) is 5.95. The highest BCUT2D eigenvalue weighted by Crippen LogP contribution is 2.32. The number of nitrogens with zero attached hydrogens (tertiary/aromatic N) is 1. The Hall–Kier alpha value is -1.96. The summed E-state index contributed by atoms with van der Waals surface area (Å²) >= 11 is 0. The zero-order chi connectivity index (χ0) is 14.5. The molecule has 102 valence electrons. The summed E-state index contributed by atoms with van der Waals surface area (Å²) in [4.78, 5) is 12.0. The van der Waals surface area contributed by atoms with Gasteiger partial charge in [0.25, 0.3) is 0 Å². The molecule has 5 heteroatoms. The van der Waals surface area contributed by atoms with Gasteiger partial charge in [0.05, 0.1) is 18.1 Å². The molecule has 0 N–H and O–H groups in total. The van der Waals surface area contributed by atoms with Gasteiger partial charge in [0, 0.05) is 18.1 Å². The second kappa shape index (κ2) is 6.28. The Labute approximate surface area is 110 Å². The van der Waals surface area contributed by atoms with Gasteiger partial charge in [-0.2, -0.15) is 5.26 Å². The summed E-state index contributed by atoms with van der Waals surface area (Å²) in [5, 5.41) is 8.65. The molecule has 1 rings (SSSR count). The summed E-state index contributed by atoms with van der Waals surface area (Å²) in [6.07, 6.45) is 0.191. The molecule has 0 aliphatic heterocycles. The highest BCUT2D eigenvalue weighted by Gasteiger charge is 2.38. The normalized spacial score (nSPS) is 13.4. The van der Waals surface area contributed by atoms with Crippen LogP contribution in [0.4, 0.5) is 8.78 Å². The maximum atomic E-state index is 13.8. The SMILES string of the molecule is CCOC(=O)C(C)(CCC#N)c1ccc(F)cc1F. The third-order valence-corrected chi connectivity index (χ3v) is 2.99. The lowest BCUT2D eigenvalue weighted by atomic mass is 9.78. The van der Waals surface area contributed by atoms with Crippen LogP contribution in [0.2, 0.25) is 0 Å². The van der Waals surface area contributed by atoms with Gasteiger partial charge in [-0.15, -0.1) is 0 Å². The van der Waals surface area contributed by atoms with E-state index < -0.39 is 23.0 Å². The molecule has 0 spiro atoms. The smallest absolute Gasteiger partial charge is 0.316 e. The van der Waals surface area contributed by atoms with Crippen molar-refractivity contribution >= 4 is 5.97 Å². The van der Waals surface area contributed by atoms with Gasteiger partial charge in [-0.1, -0.05) is 6.07 Å². The molecular weight excluding hydrogens is 252 g/mol. The van der Waals surface area contributed by atoms with E-state index in [9.17, 15) is 13.6 Å². The number of nitriles is 1. The molecular formula is C14H15F2NO2. The zero-order valence-corrected chi connectivity index (χ0v) is 10.9. The molecule has 0 heterocycles. The number of esters is 1. The molecule has 1 atom stereocenters. The van der Waals surface area contributed by atoms with E-state index in [2.05, 4.69) is 0 Å². The predicted octanol–water partition coefficient (Wildman–Crippen LogP) is 3.09.